The van der Waals surface area contributed by atoms with Crippen LogP contribution in [0.25, 0.3) is 0 Å². The molecule has 2 aliphatic heterocycles. The van der Waals surface area contributed by atoms with Crippen molar-refractivity contribution in [1.29, 1.82) is 0 Å². The summed E-state index contributed by atoms with van der Waals surface area (Å²) in [5, 5.41) is 18.6. The zero-order valence-corrected chi connectivity index (χ0v) is 16.8. The minimum absolute atomic E-state index is 0.000922. The third kappa shape index (κ3) is 3.41. The molecule has 1 aromatic heterocycles. The molecule has 1 saturated heterocycles. The molecule has 3 heterocycles. The molecule has 9 nitrogen and oxygen atoms in total. The van der Waals surface area contributed by atoms with Gasteiger partial charge in [0.25, 0.3) is 0 Å². The molecule has 0 aliphatic carbocycles. The highest BCUT2D eigenvalue weighted by Gasteiger charge is 2.35. The molecule has 28 heavy (non-hydrogen) atoms. The maximum atomic E-state index is 13.0. The third-order valence-electron chi connectivity index (χ3n) is 5.54. The number of fused-ring (bicyclic) bond motifs is 1. The number of likely N-dealkylation sites (N-methyl/N-ethyl adjacent to an activating group) is 1. The molecule has 4 rings (SSSR count). The second-order valence-electron chi connectivity index (χ2n) is 7.30. The number of hydrogen-bond acceptors (Lipinski definition) is 7. The van der Waals surface area contributed by atoms with Crippen LogP contribution in [0.15, 0.2) is 29.2 Å². The number of benzene rings is 1. The summed E-state index contributed by atoms with van der Waals surface area (Å²) in [4.78, 5) is 2.32. The number of nitrogens with zero attached hydrogens (tertiary/aromatic N) is 5. The Morgan fingerprint density at radius 3 is 2.54 bits per heavy atom. The predicted molar refractivity (Wildman–Crippen MR) is 101 cm³/mol. The first-order chi connectivity index (χ1) is 13.4. The lowest BCUT2D eigenvalue weighted by molar-refractivity contribution is 0.182. The number of β-amino-alcohol motifs (C(OH)–C–C–N with tert-alkyl or cyclic N) is 1. The third-order valence-corrected chi connectivity index (χ3v) is 7.45. The number of rotatable bonds is 4. The van der Waals surface area contributed by atoms with Crippen LogP contribution in [0.5, 0.6) is 5.75 Å². The lowest BCUT2D eigenvalue weighted by atomic mass is 10.2. The largest absolute Gasteiger partial charge is 0.497 e. The van der Waals surface area contributed by atoms with Crippen molar-refractivity contribution in [2.24, 2.45) is 0 Å². The van der Waals surface area contributed by atoms with E-state index in [-0.39, 0.29) is 17.0 Å². The summed E-state index contributed by atoms with van der Waals surface area (Å²) in [5.74, 6) is 2.21. The van der Waals surface area contributed by atoms with Crippen molar-refractivity contribution in [2.75, 3.05) is 33.8 Å². The van der Waals surface area contributed by atoms with Crippen molar-refractivity contribution in [3.05, 3.63) is 35.9 Å². The van der Waals surface area contributed by atoms with E-state index in [9.17, 15) is 13.5 Å². The van der Waals surface area contributed by atoms with Gasteiger partial charge in [-0.1, -0.05) is 0 Å². The van der Waals surface area contributed by atoms with Crippen LogP contribution in [-0.4, -0.2) is 77.4 Å². The van der Waals surface area contributed by atoms with Gasteiger partial charge in [0, 0.05) is 32.6 Å². The minimum Gasteiger partial charge on any atom is -0.497 e. The van der Waals surface area contributed by atoms with Crippen LogP contribution in [0, 0.1) is 0 Å². The summed E-state index contributed by atoms with van der Waals surface area (Å²) in [5.41, 5.74) is 0. The van der Waals surface area contributed by atoms with Gasteiger partial charge in [0.1, 0.15) is 11.6 Å². The fourth-order valence-electron chi connectivity index (χ4n) is 3.98. The molecule has 0 spiro atoms. The summed E-state index contributed by atoms with van der Waals surface area (Å²) < 4.78 is 34.7. The Balaban J connectivity index is 1.55. The van der Waals surface area contributed by atoms with Crippen molar-refractivity contribution < 1.29 is 18.3 Å². The summed E-state index contributed by atoms with van der Waals surface area (Å²) in [6.45, 7) is 1.80. The zero-order valence-electron chi connectivity index (χ0n) is 16.0. The lowest BCUT2D eigenvalue weighted by Crippen LogP contribution is -2.34. The highest BCUT2D eigenvalue weighted by atomic mass is 32.2. The molecule has 10 heteroatoms. The molecular formula is C18H25N5O4S. The number of aliphatic hydroxyl groups is 1. The lowest BCUT2D eigenvalue weighted by Gasteiger charge is -2.21. The van der Waals surface area contributed by atoms with Gasteiger partial charge in [-0.3, -0.25) is 4.90 Å². The topological polar surface area (TPSA) is 101 Å². The molecule has 0 unspecified atom stereocenters. The first-order valence-electron chi connectivity index (χ1n) is 9.34. The van der Waals surface area contributed by atoms with E-state index in [0.717, 1.165) is 11.6 Å². The molecule has 2 aromatic rings. The second kappa shape index (κ2) is 7.43. The Morgan fingerprint density at radius 2 is 1.89 bits per heavy atom. The number of likely N-dealkylation sites (tertiary alicyclic amines) is 1. The van der Waals surface area contributed by atoms with Gasteiger partial charge >= 0.3 is 0 Å². The molecule has 2 atom stereocenters. The highest BCUT2D eigenvalue weighted by molar-refractivity contribution is 7.89. The van der Waals surface area contributed by atoms with E-state index in [1.54, 1.807) is 31.4 Å². The van der Waals surface area contributed by atoms with Crippen LogP contribution < -0.4 is 4.74 Å². The van der Waals surface area contributed by atoms with Gasteiger partial charge in [-0.05, 0) is 37.7 Å². The number of sulfonamides is 1. The van der Waals surface area contributed by atoms with Gasteiger partial charge in [0.05, 0.1) is 24.2 Å². The second-order valence-corrected chi connectivity index (χ2v) is 9.24. The Hall–Kier alpha value is -2.01. The van der Waals surface area contributed by atoms with Gasteiger partial charge < -0.3 is 14.4 Å². The van der Waals surface area contributed by atoms with Gasteiger partial charge in [-0.25, -0.2) is 8.42 Å². The monoisotopic (exact) mass is 407 g/mol. The summed E-state index contributed by atoms with van der Waals surface area (Å²) in [6, 6.07) is 6.44. The van der Waals surface area contributed by atoms with Crippen LogP contribution >= 0.6 is 0 Å². The fourth-order valence-corrected chi connectivity index (χ4v) is 5.42. The average molecular weight is 407 g/mol. The molecule has 0 saturated carbocycles. The number of aliphatic hydroxyl groups excluding tert-OH is 1. The smallest absolute Gasteiger partial charge is 0.243 e. The average Bonchev–Trinajstić information content (AvgIpc) is 3.15. The van der Waals surface area contributed by atoms with Crippen LogP contribution in [-0.2, 0) is 23.0 Å². The number of ether oxygens (including phenoxy) is 1. The quantitative estimate of drug-likeness (QED) is 0.776. The molecule has 0 amide bonds. The Kier molecular flexibility index (Phi) is 5.13. The van der Waals surface area contributed by atoms with Crippen LogP contribution in [0.3, 0.4) is 0 Å². The molecule has 1 fully saturated rings. The molecule has 0 bridgehead atoms. The minimum atomic E-state index is -3.59. The maximum Gasteiger partial charge on any atom is 0.243 e. The van der Waals surface area contributed by atoms with Gasteiger partial charge in [-0.2, -0.15) is 4.31 Å². The van der Waals surface area contributed by atoms with Gasteiger partial charge in [-0.15, -0.1) is 10.2 Å². The van der Waals surface area contributed by atoms with Gasteiger partial charge in [0.2, 0.25) is 10.0 Å². The van der Waals surface area contributed by atoms with E-state index in [1.807, 2.05) is 11.6 Å². The van der Waals surface area contributed by atoms with Crippen molar-refractivity contribution in [1.82, 2.24) is 24.0 Å². The Morgan fingerprint density at radius 1 is 1.14 bits per heavy atom. The van der Waals surface area contributed by atoms with Crippen LogP contribution in [0.2, 0.25) is 0 Å². The van der Waals surface area contributed by atoms with Crippen LogP contribution in [0.4, 0.5) is 0 Å². The molecule has 2 aliphatic rings. The Bertz CT molecular complexity index is 943. The first-order valence-corrected chi connectivity index (χ1v) is 10.8. The maximum absolute atomic E-state index is 13.0. The molecular weight excluding hydrogens is 382 g/mol. The first kappa shape index (κ1) is 19.3. The molecule has 152 valence electrons. The van der Waals surface area contributed by atoms with Crippen molar-refractivity contribution in [3.8, 4) is 5.75 Å². The van der Waals surface area contributed by atoms with E-state index in [4.69, 9.17) is 4.74 Å². The van der Waals surface area contributed by atoms with E-state index in [1.165, 1.54) is 4.31 Å². The Labute approximate surface area is 164 Å². The molecule has 0 radical (unpaired) electrons. The van der Waals surface area contributed by atoms with Crippen molar-refractivity contribution >= 4 is 10.0 Å². The summed E-state index contributed by atoms with van der Waals surface area (Å²) >= 11 is 0. The predicted octanol–water partition coefficient (Wildman–Crippen LogP) is 0.271. The fraction of sp³-hybridized carbons (Fsp3) is 0.556. The zero-order chi connectivity index (χ0) is 19.9. The van der Waals surface area contributed by atoms with E-state index in [0.29, 0.717) is 44.8 Å². The standard InChI is InChI=1S/C18H25N5O4S/c1-21-12-13(24)11-16(21)18-20-19-17-7-8-22(9-10-23(17)18)28(25,26)15-5-3-14(27-2)4-6-15/h3-6,13,16,24H,7-12H2,1-2H3/t13-,16+/m1/s1. The molecule has 1 aromatic carbocycles. The van der Waals surface area contributed by atoms with Crippen molar-refractivity contribution in [3.63, 3.8) is 0 Å². The summed E-state index contributed by atoms with van der Waals surface area (Å²) in [7, 11) is -0.0858. The molecule has 1 N–H and O–H groups in total. The number of hydrogen-bond donors (Lipinski definition) is 1. The van der Waals surface area contributed by atoms with Crippen LogP contribution in [0.1, 0.15) is 24.1 Å². The van der Waals surface area contributed by atoms with Gasteiger partial charge in [0.15, 0.2) is 5.82 Å². The number of methoxy groups -OCH3 is 1. The SMILES string of the molecule is COc1ccc(S(=O)(=O)N2CCc3nnc([C@@H]4C[C@@H](O)CN4C)n3CC2)cc1. The van der Waals surface area contributed by atoms with Crippen molar-refractivity contribution in [2.45, 2.75) is 36.4 Å². The van der Waals surface area contributed by atoms with E-state index >= 15 is 0 Å². The van der Waals surface area contributed by atoms with E-state index < -0.39 is 10.0 Å². The number of aromatic nitrogens is 3. The highest BCUT2D eigenvalue weighted by Crippen LogP contribution is 2.31. The van der Waals surface area contributed by atoms with E-state index in [2.05, 4.69) is 15.1 Å². The summed E-state index contributed by atoms with van der Waals surface area (Å²) in [6.07, 6.45) is 0.741. The normalized spacial score (nSPS) is 24.1.